The first-order chi connectivity index (χ1) is 15.8. The number of carbonyl (C=O) groups is 2. The summed E-state index contributed by atoms with van der Waals surface area (Å²) in [5.74, 6) is -1.56. The summed E-state index contributed by atoms with van der Waals surface area (Å²) in [5, 5.41) is 6.90. The fraction of sp³-hybridized carbons (Fsp3) is 0.304. The molecule has 0 atom stereocenters. The van der Waals surface area contributed by atoms with Crippen molar-refractivity contribution in [3.63, 3.8) is 0 Å². The van der Waals surface area contributed by atoms with Crippen LogP contribution in [0.1, 0.15) is 41.9 Å². The number of esters is 1. The molecule has 1 fully saturated rings. The summed E-state index contributed by atoms with van der Waals surface area (Å²) in [6, 6.07) is 13.2. The molecule has 0 radical (unpaired) electrons. The van der Waals surface area contributed by atoms with Gasteiger partial charge in [-0.3, -0.25) is 4.79 Å². The van der Waals surface area contributed by atoms with Crippen molar-refractivity contribution in [1.29, 1.82) is 0 Å². The maximum atomic E-state index is 13.2. The second kappa shape index (κ2) is 9.43. The number of halogens is 3. The molecule has 172 valence electrons. The molecule has 0 saturated heterocycles. The molecule has 1 amide bonds. The number of ether oxygens (including phenoxy) is 1. The number of rotatable bonds is 6. The largest absolute Gasteiger partial charge is 0.450 e. The van der Waals surface area contributed by atoms with E-state index in [1.807, 2.05) is 0 Å². The normalized spacial score (nSPS) is 14.3. The Morgan fingerprint density at radius 3 is 2.48 bits per heavy atom. The van der Waals surface area contributed by atoms with Gasteiger partial charge in [0.05, 0.1) is 11.3 Å². The first-order valence-corrected chi connectivity index (χ1v) is 10.5. The second-order valence-corrected chi connectivity index (χ2v) is 7.71. The quantitative estimate of drug-likeness (QED) is 0.561. The van der Waals surface area contributed by atoms with Crippen LogP contribution in [0.4, 0.5) is 13.2 Å². The summed E-state index contributed by atoms with van der Waals surface area (Å²) < 4.78 is 45.8. The first-order valence-electron chi connectivity index (χ1n) is 10.5. The van der Waals surface area contributed by atoms with Gasteiger partial charge in [-0.2, -0.15) is 13.2 Å². The van der Waals surface area contributed by atoms with Gasteiger partial charge in [-0.1, -0.05) is 49.2 Å². The zero-order valence-corrected chi connectivity index (χ0v) is 17.5. The second-order valence-electron chi connectivity index (χ2n) is 7.71. The predicted molar refractivity (Wildman–Crippen MR) is 112 cm³/mol. The summed E-state index contributed by atoms with van der Waals surface area (Å²) in [6.45, 7) is -0.492. The van der Waals surface area contributed by atoms with Gasteiger partial charge < -0.3 is 10.1 Å². The lowest BCUT2D eigenvalue weighted by Gasteiger charge is -2.11. The van der Waals surface area contributed by atoms with E-state index in [1.54, 1.807) is 30.3 Å². The van der Waals surface area contributed by atoms with Crippen LogP contribution < -0.4 is 5.32 Å². The summed E-state index contributed by atoms with van der Waals surface area (Å²) in [6.07, 6.45) is -0.669. The van der Waals surface area contributed by atoms with Crippen molar-refractivity contribution in [3.05, 3.63) is 66.0 Å². The van der Waals surface area contributed by atoms with Gasteiger partial charge >= 0.3 is 12.1 Å². The molecule has 1 aliphatic carbocycles. The molecule has 7 nitrogen and oxygen atoms in total. The molecule has 1 N–H and O–H groups in total. The van der Waals surface area contributed by atoms with Gasteiger partial charge in [0.2, 0.25) is 0 Å². The van der Waals surface area contributed by atoms with Gasteiger partial charge in [0.15, 0.2) is 12.4 Å². The lowest BCUT2D eigenvalue weighted by Crippen LogP contribution is -2.36. The van der Waals surface area contributed by atoms with Crippen molar-refractivity contribution in [2.45, 2.75) is 37.9 Å². The fourth-order valence-corrected chi connectivity index (χ4v) is 3.70. The van der Waals surface area contributed by atoms with Crippen LogP contribution >= 0.6 is 0 Å². The molecule has 2 aromatic carbocycles. The molecule has 1 saturated carbocycles. The van der Waals surface area contributed by atoms with Crippen molar-refractivity contribution in [2.24, 2.45) is 0 Å². The molecular weight excluding hydrogens is 437 g/mol. The average molecular weight is 458 g/mol. The highest BCUT2D eigenvalue weighted by molar-refractivity contribution is 5.88. The molecule has 1 heterocycles. The van der Waals surface area contributed by atoms with Crippen LogP contribution in [-0.4, -0.2) is 39.3 Å². The molecule has 1 aliphatic rings. The number of hydrogen-bond donors (Lipinski definition) is 1. The maximum Gasteiger partial charge on any atom is 0.416 e. The van der Waals surface area contributed by atoms with Gasteiger partial charge in [0, 0.05) is 11.6 Å². The summed E-state index contributed by atoms with van der Waals surface area (Å²) in [4.78, 5) is 28.8. The van der Waals surface area contributed by atoms with Crippen LogP contribution in [0.5, 0.6) is 0 Å². The van der Waals surface area contributed by atoms with Crippen LogP contribution in [0.25, 0.3) is 17.1 Å². The standard InChI is InChI=1S/C23H21F3N4O3/c24-23(25,26)16-9-6-12-18(13-16)30-21(15-7-2-1-3-8-15)28-20(29-30)22(32)33-14-19(31)27-17-10-4-5-11-17/h1-3,6-9,12-13,17H,4-5,10-11,14H2,(H,27,31). The SMILES string of the molecule is O=C(COC(=O)c1nc(-c2ccccc2)n(-c2cccc(C(F)(F)F)c2)n1)NC1CCCC1. The Hall–Kier alpha value is -3.69. The van der Waals surface area contributed by atoms with E-state index >= 15 is 0 Å². The highest BCUT2D eigenvalue weighted by atomic mass is 19.4. The molecule has 3 aromatic rings. The Balaban J connectivity index is 1.59. The summed E-state index contributed by atoms with van der Waals surface area (Å²) >= 11 is 0. The van der Waals surface area contributed by atoms with Crippen LogP contribution in [0.2, 0.25) is 0 Å². The molecule has 33 heavy (non-hydrogen) atoms. The third-order valence-corrected chi connectivity index (χ3v) is 5.29. The van der Waals surface area contributed by atoms with E-state index in [0.717, 1.165) is 42.5 Å². The molecule has 0 aliphatic heterocycles. The molecule has 10 heteroatoms. The summed E-state index contributed by atoms with van der Waals surface area (Å²) in [7, 11) is 0. The highest BCUT2D eigenvalue weighted by Gasteiger charge is 2.31. The number of hydrogen-bond acceptors (Lipinski definition) is 5. The molecule has 0 bridgehead atoms. The van der Waals surface area contributed by atoms with E-state index in [4.69, 9.17) is 4.74 Å². The Kier molecular flexibility index (Phi) is 6.43. The fourth-order valence-electron chi connectivity index (χ4n) is 3.70. The number of carbonyl (C=O) groups excluding carboxylic acids is 2. The van der Waals surface area contributed by atoms with Gasteiger partial charge in [-0.15, -0.1) is 5.10 Å². The topological polar surface area (TPSA) is 86.1 Å². The third-order valence-electron chi connectivity index (χ3n) is 5.29. The zero-order valence-electron chi connectivity index (χ0n) is 17.5. The van der Waals surface area contributed by atoms with Crippen LogP contribution in [0.3, 0.4) is 0 Å². The smallest absolute Gasteiger partial charge is 0.416 e. The Morgan fingerprint density at radius 1 is 1.06 bits per heavy atom. The average Bonchev–Trinajstić information content (AvgIpc) is 3.48. The Morgan fingerprint density at radius 2 is 1.79 bits per heavy atom. The van der Waals surface area contributed by atoms with Crippen LogP contribution in [0, 0.1) is 0 Å². The third kappa shape index (κ3) is 5.39. The van der Waals surface area contributed by atoms with Gasteiger partial charge in [0.25, 0.3) is 11.7 Å². The van der Waals surface area contributed by atoms with Crippen molar-refractivity contribution in [1.82, 2.24) is 20.1 Å². The van der Waals surface area contributed by atoms with E-state index in [2.05, 4.69) is 15.4 Å². The minimum Gasteiger partial charge on any atom is -0.450 e. The highest BCUT2D eigenvalue weighted by Crippen LogP contribution is 2.31. The monoisotopic (exact) mass is 458 g/mol. The van der Waals surface area contributed by atoms with Crippen molar-refractivity contribution >= 4 is 11.9 Å². The molecule has 0 spiro atoms. The van der Waals surface area contributed by atoms with Crippen LogP contribution in [0.15, 0.2) is 54.6 Å². The van der Waals surface area contributed by atoms with Gasteiger partial charge in [-0.05, 0) is 31.0 Å². The Bertz CT molecular complexity index is 1140. The van der Waals surface area contributed by atoms with Crippen molar-refractivity contribution in [2.75, 3.05) is 6.61 Å². The maximum absolute atomic E-state index is 13.2. The van der Waals surface area contributed by atoms with Crippen molar-refractivity contribution < 1.29 is 27.5 Å². The zero-order chi connectivity index (χ0) is 23.4. The molecule has 4 rings (SSSR count). The number of amides is 1. The number of nitrogens with one attached hydrogen (secondary N) is 1. The minimum atomic E-state index is -4.54. The number of aromatic nitrogens is 3. The molecule has 0 unspecified atom stereocenters. The number of nitrogens with zero attached hydrogens (tertiary/aromatic N) is 3. The molecule has 1 aromatic heterocycles. The van der Waals surface area contributed by atoms with Gasteiger partial charge in [0.1, 0.15) is 0 Å². The van der Waals surface area contributed by atoms with E-state index in [1.165, 1.54) is 12.1 Å². The number of alkyl halides is 3. The lowest BCUT2D eigenvalue weighted by molar-refractivity contribution is -0.137. The van der Waals surface area contributed by atoms with Crippen molar-refractivity contribution in [3.8, 4) is 17.1 Å². The predicted octanol–water partition coefficient (Wildman–Crippen LogP) is 4.17. The van der Waals surface area contributed by atoms with Gasteiger partial charge in [-0.25, -0.2) is 14.5 Å². The van der Waals surface area contributed by atoms with E-state index in [0.29, 0.717) is 5.56 Å². The molecular formula is C23H21F3N4O3. The number of benzene rings is 2. The van der Waals surface area contributed by atoms with E-state index < -0.39 is 30.2 Å². The minimum absolute atomic E-state index is 0.0780. The summed E-state index contributed by atoms with van der Waals surface area (Å²) in [5.41, 5.74) is -0.239. The van der Waals surface area contributed by atoms with E-state index in [9.17, 15) is 22.8 Å². The Labute approximate surface area is 187 Å². The van der Waals surface area contributed by atoms with Crippen LogP contribution in [-0.2, 0) is 15.7 Å². The lowest BCUT2D eigenvalue weighted by atomic mass is 10.2. The van der Waals surface area contributed by atoms with E-state index in [-0.39, 0.29) is 23.4 Å². The first kappa shape index (κ1) is 22.5.